The van der Waals surface area contributed by atoms with Crippen LogP contribution in [-0.4, -0.2) is 42.7 Å². The minimum absolute atomic E-state index is 0.0766. The van der Waals surface area contributed by atoms with Gasteiger partial charge in [-0.2, -0.15) is 13.2 Å². The van der Waals surface area contributed by atoms with Gasteiger partial charge in [-0.05, 0) is 68.6 Å². The van der Waals surface area contributed by atoms with E-state index < -0.39 is 29.5 Å². The van der Waals surface area contributed by atoms with E-state index in [0.717, 1.165) is 43.6 Å². The molecule has 1 aliphatic rings. The highest BCUT2D eigenvalue weighted by Gasteiger charge is 2.43. The number of ether oxygens (including phenoxy) is 2. The lowest BCUT2D eigenvalue weighted by Gasteiger charge is -2.36. The first-order valence-electron chi connectivity index (χ1n) is 10.5. The number of rotatable bonds is 6. The Hall–Kier alpha value is -2.07. The number of hydrogen-bond acceptors (Lipinski definition) is 5. The standard InChI is InChI=1S/C23H20Cl3F4NO4/c1-12(14-6-15(24)8-16(25)7-14)31-4-2-13(3-5-31)11-34-20-10-19(27)17(9-18(20)26)21(32)35-22(33)23(28,29)30/h6-10,12-13H,2-5,11H2,1H3/t12-/m0/s1. The van der Waals surface area contributed by atoms with E-state index >= 15 is 0 Å². The largest absolute Gasteiger partial charge is 0.492 e. The second kappa shape index (κ2) is 11.3. The van der Waals surface area contributed by atoms with Gasteiger partial charge < -0.3 is 9.47 Å². The first-order chi connectivity index (χ1) is 16.3. The Bertz CT molecular complexity index is 1080. The van der Waals surface area contributed by atoms with Crippen LogP contribution in [0.1, 0.15) is 41.7 Å². The maximum atomic E-state index is 14.3. The molecule has 1 saturated heterocycles. The zero-order chi connectivity index (χ0) is 25.9. The van der Waals surface area contributed by atoms with Crippen LogP contribution in [-0.2, 0) is 9.53 Å². The summed E-state index contributed by atoms with van der Waals surface area (Å²) in [7, 11) is 0. The topological polar surface area (TPSA) is 55.8 Å². The predicted octanol–water partition coefficient (Wildman–Crippen LogP) is 6.88. The number of nitrogens with zero attached hydrogens (tertiary/aromatic N) is 1. The van der Waals surface area contributed by atoms with E-state index in [2.05, 4.69) is 16.6 Å². The molecule has 35 heavy (non-hydrogen) atoms. The Kier molecular flexibility index (Phi) is 8.91. The van der Waals surface area contributed by atoms with Gasteiger partial charge in [0, 0.05) is 22.2 Å². The van der Waals surface area contributed by atoms with Crippen molar-refractivity contribution in [3.05, 3.63) is 62.3 Å². The van der Waals surface area contributed by atoms with Gasteiger partial charge in [-0.25, -0.2) is 14.0 Å². The van der Waals surface area contributed by atoms with Crippen LogP contribution in [0, 0.1) is 11.7 Å². The molecule has 1 heterocycles. The van der Waals surface area contributed by atoms with Crippen molar-refractivity contribution in [1.29, 1.82) is 0 Å². The summed E-state index contributed by atoms with van der Waals surface area (Å²) in [5, 5.41) is 0.928. The van der Waals surface area contributed by atoms with E-state index in [-0.39, 0.29) is 29.3 Å². The fourth-order valence-corrected chi connectivity index (χ4v) is 4.50. The van der Waals surface area contributed by atoms with Crippen LogP contribution in [0.5, 0.6) is 5.75 Å². The fourth-order valence-electron chi connectivity index (χ4n) is 3.73. The third-order valence-corrected chi connectivity index (χ3v) is 6.43. The molecule has 0 amide bonds. The van der Waals surface area contributed by atoms with Gasteiger partial charge in [-0.15, -0.1) is 0 Å². The second-order valence-electron chi connectivity index (χ2n) is 8.11. The zero-order valence-corrected chi connectivity index (χ0v) is 20.6. The molecule has 0 aliphatic carbocycles. The maximum Gasteiger partial charge on any atom is 0.491 e. The van der Waals surface area contributed by atoms with Crippen LogP contribution in [0.2, 0.25) is 15.1 Å². The van der Waals surface area contributed by atoms with Crippen LogP contribution in [0.25, 0.3) is 0 Å². The molecule has 190 valence electrons. The Morgan fingerprint density at radius 1 is 1.06 bits per heavy atom. The van der Waals surface area contributed by atoms with Crippen molar-refractivity contribution in [1.82, 2.24) is 4.90 Å². The molecule has 0 spiro atoms. The van der Waals surface area contributed by atoms with Gasteiger partial charge in [0.2, 0.25) is 0 Å². The van der Waals surface area contributed by atoms with E-state index in [9.17, 15) is 27.2 Å². The van der Waals surface area contributed by atoms with Crippen LogP contribution < -0.4 is 4.74 Å². The first kappa shape index (κ1) is 27.5. The lowest BCUT2D eigenvalue weighted by Crippen LogP contribution is -2.37. The summed E-state index contributed by atoms with van der Waals surface area (Å²) < 4.78 is 60.3. The average Bonchev–Trinajstić information content (AvgIpc) is 2.77. The summed E-state index contributed by atoms with van der Waals surface area (Å²) >= 11 is 18.2. The zero-order valence-electron chi connectivity index (χ0n) is 18.3. The number of likely N-dealkylation sites (tertiary alicyclic amines) is 1. The quantitative estimate of drug-likeness (QED) is 0.220. The van der Waals surface area contributed by atoms with Gasteiger partial charge in [-0.1, -0.05) is 34.8 Å². The Morgan fingerprint density at radius 3 is 2.23 bits per heavy atom. The Morgan fingerprint density at radius 2 is 1.66 bits per heavy atom. The number of benzene rings is 2. The SMILES string of the molecule is C[C@@H](c1cc(Cl)cc(Cl)c1)N1CCC(COc2cc(F)c(C(=O)OC(=O)C(F)(F)F)cc2Cl)CC1. The number of carbonyl (C=O) groups excluding carboxylic acids is 2. The predicted molar refractivity (Wildman–Crippen MR) is 123 cm³/mol. The van der Waals surface area contributed by atoms with Gasteiger partial charge in [0.15, 0.2) is 0 Å². The molecule has 12 heteroatoms. The molecule has 0 unspecified atom stereocenters. The average molecular weight is 557 g/mol. The van der Waals surface area contributed by atoms with Crippen LogP contribution in [0.15, 0.2) is 30.3 Å². The minimum Gasteiger partial charge on any atom is -0.492 e. The summed E-state index contributed by atoms with van der Waals surface area (Å²) in [4.78, 5) is 24.8. The fraction of sp³-hybridized carbons (Fsp3) is 0.391. The van der Waals surface area contributed by atoms with Crippen molar-refractivity contribution in [3.8, 4) is 5.75 Å². The van der Waals surface area contributed by atoms with Crippen molar-refractivity contribution in [2.75, 3.05) is 19.7 Å². The van der Waals surface area contributed by atoms with E-state index in [0.29, 0.717) is 10.0 Å². The third kappa shape index (κ3) is 7.22. The van der Waals surface area contributed by atoms with Crippen molar-refractivity contribution < 1.29 is 36.6 Å². The minimum atomic E-state index is -5.40. The molecular formula is C23H20Cl3F4NO4. The molecule has 0 N–H and O–H groups in total. The van der Waals surface area contributed by atoms with E-state index in [1.807, 2.05) is 12.1 Å². The monoisotopic (exact) mass is 555 g/mol. The highest BCUT2D eigenvalue weighted by molar-refractivity contribution is 6.34. The van der Waals surface area contributed by atoms with Gasteiger partial charge >= 0.3 is 18.1 Å². The third-order valence-electron chi connectivity index (χ3n) is 5.70. The highest BCUT2D eigenvalue weighted by Crippen LogP contribution is 2.32. The van der Waals surface area contributed by atoms with Gasteiger partial charge in [-0.3, -0.25) is 4.90 Å². The van der Waals surface area contributed by atoms with Gasteiger partial charge in [0.25, 0.3) is 0 Å². The second-order valence-corrected chi connectivity index (χ2v) is 9.39. The molecule has 5 nitrogen and oxygen atoms in total. The Balaban J connectivity index is 1.55. The Labute approximate surface area is 213 Å². The molecule has 0 saturated carbocycles. The van der Waals surface area contributed by atoms with Crippen molar-refractivity contribution in [2.45, 2.75) is 32.0 Å². The molecule has 1 atom stereocenters. The van der Waals surface area contributed by atoms with E-state index in [1.54, 1.807) is 6.07 Å². The molecule has 0 aromatic heterocycles. The number of hydrogen-bond donors (Lipinski definition) is 0. The summed E-state index contributed by atoms with van der Waals surface area (Å²) in [6, 6.07) is 7.07. The number of piperidine rings is 1. The van der Waals surface area contributed by atoms with Crippen molar-refractivity contribution in [3.63, 3.8) is 0 Å². The van der Waals surface area contributed by atoms with Gasteiger partial charge in [0.05, 0.1) is 17.2 Å². The molecule has 0 bridgehead atoms. The number of alkyl halides is 3. The van der Waals surface area contributed by atoms with E-state index in [4.69, 9.17) is 39.5 Å². The van der Waals surface area contributed by atoms with Crippen LogP contribution in [0.4, 0.5) is 17.6 Å². The molecule has 0 radical (unpaired) electrons. The van der Waals surface area contributed by atoms with Crippen LogP contribution in [0.3, 0.4) is 0 Å². The molecular weight excluding hydrogens is 537 g/mol. The number of halogens is 7. The summed E-state index contributed by atoms with van der Waals surface area (Å²) in [6.45, 7) is 3.84. The molecule has 2 aromatic rings. The van der Waals surface area contributed by atoms with Crippen molar-refractivity contribution >= 4 is 46.7 Å². The molecule has 1 fully saturated rings. The molecule has 2 aromatic carbocycles. The number of carbonyl (C=O) groups is 2. The lowest BCUT2D eigenvalue weighted by molar-refractivity contribution is -0.193. The summed E-state index contributed by atoms with van der Waals surface area (Å²) in [6.07, 6.45) is -3.81. The maximum absolute atomic E-state index is 14.3. The van der Waals surface area contributed by atoms with Gasteiger partial charge in [0.1, 0.15) is 11.6 Å². The van der Waals surface area contributed by atoms with E-state index in [1.165, 1.54) is 0 Å². The van der Waals surface area contributed by atoms with Crippen LogP contribution >= 0.6 is 34.8 Å². The summed E-state index contributed by atoms with van der Waals surface area (Å²) in [5.41, 5.74) is 0.0957. The molecule has 3 rings (SSSR count). The summed E-state index contributed by atoms with van der Waals surface area (Å²) in [5.74, 6) is -5.71. The lowest BCUT2D eigenvalue weighted by atomic mass is 9.95. The van der Waals surface area contributed by atoms with Crippen molar-refractivity contribution in [2.24, 2.45) is 5.92 Å². The smallest absolute Gasteiger partial charge is 0.491 e. The first-order valence-corrected chi connectivity index (χ1v) is 11.6. The molecule has 1 aliphatic heterocycles. The normalized spacial score (nSPS) is 16.1. The highest BCUT2D eigenvalue weighted by atomic mass is 35.5. The number of esters is 2.